The number of halogens is 3. The molecule has 8 heteroatoms. The summed E-state index contributed by atoms with van der Waals surface area (Å²) in [6.45, 7) is -0.996. The van der Waals surface area contributed by atoms with Crippen molar-refractivity contribution in [1.29, 1.82) is 0 Å². The van der Waals surface area contributed by atoms with Crippen LogP contribution in [0.5, 0.6) is 5.75 Å². The molecule has 1 heterocycles. The van der Waals surface area contributed by atoms with E-state index in [1.54, 1.807) is 0 Å². The molecule has 0 spiro atoms. The van der Waals surface area contributed by atoms with E-state index in [1.165, 1.54) is 29.2 Å². The fourth-order valence-electron chi connectivity index (χ4n) is 3.86. The molecule has 1 saturated heterocycles. The van der Waals surface area contributed by atoms with Crippen LogP contribution < -0.4 is 4.74 Å². The Labute approximate surface area is 142 Å². The van der Waals surface area contributed by atoms with Gasteiger partial charge in [-0.25, -0.2) is 4.79 Å². The third kappa shape index (κ3) is 3.72. The van der Waals surface area contributed by atoms with E-state index >= 15 is 0 Å². The zero-order chi connectivity index (χ0) is 18.2. The van der Waals surface area contributed by atoms with Crippen LogP contribution in [0.4, 0.5) is 13.2 Å². The van der Waals surface area contributed by atoms with Crippen LogP contribution >= 0.6 is 0 Å². The number of rotatable bonds is 4. The molecule has 3 unspecified atom stereocenters. The highest BCUT2D eigenvalue weighted by Crippen LogP contribution is 2.42. The maximum atomic E-state index is 12.7. The second kappa shape index (κ2) is 6.57. The molecule has 25 heavy (non-hydrogen) atoms. The second-order valence-corrected chi connectivity index (χ2v) is 6.52. The summed E-state index contributed by atoms with van der Waals surface area (Å²) < 4.78 is 41.0. The molecule has 1 saturated carbocycles. The highest BCUT2D eigenvalue weighted by molar-refractivity contribution is 5.97. The molecule has 136 valence electrons. The van der Waals surface area contributed by atoms with Crippen LogP contribution in [0.1, 0.15) is 29.6 Å². The Morgan fingerprint density at radius 3 is 2.48 bits per heavy atom. The predicted octanol–water partition coefficient (Wildman–Crippen LogP) is 2.95. The lowest BCUT2D eigenvalue weighted by atomic mass is 9.94. The van der Waals surface area contributed by atoms with Crippen LogP contribution in [0, 0.1) is 11.8 Å². The van der Waals surface area contributed by atoms with Crippen molar-refractivity contribution in [1.82, 2.24) is 4.90 Å². The molecule has 0 aromatic heterocycles. The zero-order valence-corrected chi connectivity index (χ0v) is 13.3. The molecular weight excluding hydrogens is 339 g/mol. The first-order chi connectivity index (χ1) is 11.8. The van der Waals surface area contributed by atoms with Gasteiger partial charge in [0.25, 0.3) is 5.91 Å². The number of likely N-dealkylation sites (tertiary alicyclic amines) is 1. The molecule has 2 fully saturated rings. The summed E-state index contributed by atoms with van der Waals surface area (Å²) in [6.07, 6.45) is -1.74. The molecule has 3 rings (SSSR count). The number of ether oxygens (including phenoxy) is 1. The van der Waals surface area contributed by atoms with Gasteiger partial charge in [-0.1, -0.05) is 6.42 Å². The zero-order valence-electron chi connectivity index (χ0n) is 13.3. The van der Waals surface area contributed by atoms with Gasteiger partial charge in [0.2, 0.25) is 0 Å². The summed E-state index contributed by atoms with van der Waals surface area (Å²) in [4.78, 5) is 25.6. The number of carbonyl (C=O) groups is 2. The Hall–Kier alpha value is -2.25. The van der Waals surface area contributed by atoms with E-state index in [4.69, 9.17) is 0 Å². The Morgan fingerprint density at radius 1 is 1.20 bits per heavy atom. The Balaban J connectivity index is 1.71. The fraction of sp³-hybridized carbons (Fsp3) is 0.529. The van der Waals surface area contributed by atoms with Gasteiger partial charge < -0.3 is 14.7 Å². The summed E-state index contributed by atoms with van der Waals surface area (Å²) in [6, 6.07) is 4.46. The van der Waals surface area contributed by atoms with Gasteiger partial charge >= 0.3 is 12.1 Å². The Kier molecular flexibility index (Phi) is 4.62. The van der Waals surface area contributed by atoms with Crippen LogP contribution in [0.3, 0.4) is 0 Å². The van der Waals surface area contributed by atoms with Crippen molar-refractivity contribution in [3.8, 4) is 5.75 Å². The fourth-order valence-corrected chi connectivity index (χ4v) is 3.86. The SMILES string of the molecule is O=C(O)C1C2CCCC2CN1C(=O)c1ccc(OCC(F)(F)F)cc1. The van der Waals surface area contributed by atoms with Gasteiger partial charge in [-0.15, -0.1) is 0 Å². The summed E-state index contributed by atoms with van der Waals surface area (Å²) in [5.74, 6) is -1.23. The average molecular weight is 357 g/mol. The van der Waals surface area contributed by atoms with Crippen molar-refractivity contribution in [2.75, 3.05) is 13.2 Å². The largest absolute Gasteiger partial charge is 0.484 e. The number of amides is 1. The van der Waals surface area contributed by atoms with Gasteiger partial charge in [0.05, 0.1) is 0 Å². The summed E-state index contributed by atoms with van der Waals surface area (Å²) in [5, 5.41) is 9.50. The lowest BCUT2D eigenvalue weighted by Gasteiger charge is -2.24. The van der Waals surface area contributed by atoms with Gasteiger partial charge in [0.15, 0.2) is 6.61 Å². The number of hydrogen-bond donors (Lipinski definition) is 1. The number of carboxylic acids is 1. The Bertz CT molecular complexity index is 659. The van der Waals surface area contributed by atoms with Crippen LogP contribution in [0.2, 0.25) is 0 Å². The number of alkyl halides is 3. The van der Waals surface area contributed by atoms with E-state index in [-0.39, 0.29) is 23.1 Å². The standard InChI is InChI=1S/C17H18F3NO4/c18-17(19,20)9-25-12-6-4-10(5-7-12)15(22)21-8-11-2-1-3-13(11)14(21)16(23)24/h4-7,11,13-14H,1-3,8-9H2,(H,23,24). The average Bonchev–Trinajstić information content (AvgIpc) is 3.12. The predicted molar refractivity (Wildman–Crippen MR) is 81.3 cm³/mol. The van der Waals surface area contributed by atoms with Crippen LogP contribution in [0.15, 0.2) is 24.3 Å². The minimum absolute atomic E-state index is 0.00181. The first kappa shape index (κ1) is 17.6. The first-order valence-electron chi connectivity index (χ1n) is 8.09. The number of carbonyl (C=O) groups excluding carboxylic acids is 1. The lowest BCUT2D eigenvalue weighted by Crippen LogP contribution is -2.43. The minimum atomic E-state index is -4.43. The highest BCUT2D eigenvalue weighted by Gasteiger charge is 2.49. The van der Waals surface area contributed by atoms with E-state index in [0.29, 0.717) is 6.54 Å². The molecule has 1 aliphatic heterocycles. The monoisotopic (exact) mass is 357 g/mol. The summed E-state index contributed by atoms with van der Waals surface area (Å²) in [5.41, 5.74) is 0.241. The normalized spacial score (nSPS) is 25.7. The van der Waals surface area contributed by atoms with E-state index in [0.717, 1.165) is 19.3 Å². The van der Waals surface area contributed by atoms with Crippen LogP contribution in [-0.4, -0.2) is 47.3 Å². The molecule has 0 radical (unpaired) electrons. The summed E-state index contributed by atoms with van der Waals surface area (Å²) >= 11 is 0. The van der Waals surface area contributed by atoms with E-state index in [9.17, 15) is 27.9 Å². The minimum Gasteiger partial charge on any atom is -0.484 e. The lowest BCUT2D eigenvalue weighted by molar-refractivity contribution is -0.153. The van der Waals surface area contributed by atoms with E-state index < -0.39 is 30.7 Å². The third-order valence-corrected chi connectivity index (χ3v) is 4.91. The van der Waals surface area contributed by atoms with Crippen LogP contribution in [0.25, 0.3) is 0 Å². The number of carboxylic acid groups (broad SMARTS) is 1. The topological polar surface area (TPSA) is 66.8 Å². The quantitative estimate of drug-likeness (QED) is 0.900. The van der Waals surface area contributed by atoms with Gasteiger partial charge in [-0.2, -0.15) is 13.2 Å². The first-order valence-corrected chi connectivity index (χ1v) is 8.09. The summed E-state index contributed by atoms with van der Waals surface area (Å²) in [7, 11) is 0. The number of hydrogen-bond acceptors (Lipinski definition) is 3. The maximum absolute atomic E-state index is 12.7. The van der Waals surface area contributed by atoms with Gasteiger partial charge in [-0.05, 0) is 48.9 Å². The van der Waals surface area contributed by atoms with Crippen molar-refractivity contribution in [3.05, 3.63) is 29.8 Å². The van der Waals surface area contributed by atoms with Crippen molar-refractivity contribution in [2.24, 2.45) is 11.8 Å². The number of fused-ring (bicyclic) bond motifs is 1. The molecule has 1 amide bonds. The second-order valence-electron chi connectivity index (χ2n) is 6.52. The van der Waals surface area contributed by atoms with E-state index in [2.05, 4.69) is 4.74 Å². The number of benzene rings is 1. The number of nitrogens with zero attached hydrogens (tertiary/aromatic N) is 1. The van der Waals surface area contributed by atoms with Crippen molar-refractivity contribution in [3.63, 3.8) is 0 Å². The number of aliphatic carboxylic acids is 1. The molecule has 0 bridgehead atoms. The Morgan fingerprint density at radius 2 is 1.88 bits per heavy atom. The molecule has 1 aliphatic carbocycles. The van der Waals surface area contributed by atoms with Gasteiger partial charge in [-0.3, -0.25) is 4.79 Å². The molecular formula is C17H18F3NO4. The molecule has 1 aromatic rings. The van der Waals surface area contributed by atoms with Gasteiger partial charge in [0, 0.05) is 12.1 Å². The smallest absolute Gasteiger partial charge is 0.422 e. The molecule has 1 aromatic carbocycles. The van der Waals surface area contributed by atoms with Crippen LogP contribution in [-0.2, 0) is 4.79 Å². The van der Waals surface area contributed by atoms with Crippen molar-refractivity contribution >= 4 is 11.9 Å². The van der Waals surface area contributed by atoms with Gasteiger partial charge in [0.1, 0.15) is 11.8 Å². The molecule has 1 N–H and O–H groups in total. The molecule has 2 aliphatic rings. The molecule has 3 atom stereocenters. The van der Waals surface area contributed by atoms with Crippen molar-refractivity contribution < 1.29 is 32.6 Å². The van der Waals surface area contributed by atoms with E-state index in [1.807, 2.05) is 0 Å². The maximum Gasteiger partial charge on any atom is 0.422 e. The van der Waals surface area contributed by atoms with Crippen molar-refractivity contribution in [2.45, 2.75) is 31.5 Å². The molecule has 5 nitrogen and oxygen atoms in total. The highest BCUT2D eigenvalue weighted by atomic mass is 19.4. The third-order valence-electron chi connectivity index (χ3n) is 4.91.